The third-order valence-corrected chi connectivity index (χ3v) is 5.84. The predicted molar refractivity (Wildman–Crippen MR) is 116 cm³/mol. The summed E-state index contributed by atoms with van der Waals surface area (Å²) in [5.41, 5.74) is 2.43. The number of methoxy groups -OCH3 is 1. The average Bonchev–Trinajstić information content (AvgIpc) is 2.74. The van der Waals surface area contributed by atoms with Crippen LogP contribution < -0.4 is 9.47 Å². The fourth-order valence-electron chi connectivity index (χ4n) is 3.61. The SMILES string of the molecule is CCOc1c(Br)cc(C(=O)N2CCC(C(=O)c3ccc(C)cc3)CC2)cc1OC. The minimum Gasteiger partial charge on any atom is -0.493 e. The van der Waals surface area contributed by atoms with Crippen LogP contribution in [0.25, 0.3) is 0 Å². The van der Waals surface area contributed by atoms with Crippen molar-refractivity contribution in [1.82, 2.24) is 4.90 Å². The lowest BCUT2D eigenvalue weighted by Gasteiger charge is -2.31. The summed E-state index contributed by atoms with van der Waals surface area (Å²) in [6.45, 7) is 5.53. The summed E-state index contributed by atoms with van der Waals surface area (Å²) >= 11 is 3.47. The predicted octanol–water partition coefficient (Wildman–Crippen LogP) is 4.90. The van der Waals surface area contributed by atoms with Gasteiger partial charge in [-0.05, 0) is 54.8 Å². The number of halogens is 1. The van der Waals surface area contributed by atoms with Crippen LogP contribution in [0.15, 0.2) is 40.9 Å². The van der Waals surface area contributed by atoms with Crippen molar-refractivity contribution in [1.29, 1.82) is 0 Å². The highest BCUT2D eigenvalue weighted by molar-refractivity contribution is 9.10. The highest BCUT2D eigenvalue weighted by Crippen LogP contribution is 2.37. The number of aryl methyl sites for hydroxylation is 1. The van der Waals surface area contributed by atoms with Crippen LogP contribution in [0.2, 0.25) is 0 Å². The summed E-state index contributed by atoms with van der Waals surface area (Å²) in [5.74, 6) is 1.18. The third-order valence-electron chi connectivity index (χ3n) is 5.25. The number of rotatable bonds is 6. The molecule has 0 unspecified atom stereocenters. The molecule has 0 bridgehead atoms. The highest BCUT2D eigenvalue weighted by Gasteiger charge is 2.29. The van der Waals surface area contributed by atoms with Crippen LogP contribution >= 0.6 is 15.9 Å². The Bertz CT molecular complexity index is 886. The van der Waals surface area contributed by atoms with Gasteiger partial charge in [-0.1, -0.05) is 29.8 Å². The molecule has 1 fully saturated rings. The van der Waals surface area contributed by atoms with E-state index in [0.29, 0.717) is 54.1 Å². The van der Waals surface area contributed by atoms with Crippen LogP contribution in [0.5, 0.6) is 11.5 Å². The van der Waals surface area contributed by atoms with E-state index in [9.17, 15) is 9.59 Å². The first-order valence-corrected chi connectivity index (χ1v) is 10.6. The lowest BCUT2D eigenvalue weighted by atomic mass is 9.88. The van der Waals surface area contributed by atoms with E-state index in [0.717, 1.165) is 11.1 Å². The van der Waals surface area contributed by atoms with Gasteiger partial charge in [-0.15, -0.1) is 0 Å². The highest BCUT2D eigenvalue weighted by atomic mass is 79.9. The van der Waals surface area contributed by atoms with Crippen molar-refractivity contribution in [2.24, 2.45) is 5.92 Å². The number of carbonyl (C=O) groups excluding carboxylic acids is 2. The summed E-state index contributed by atoms with van der Waals surface area (Å²) in [5, 5.41) is 0. The Morgan fingerprint density at radius 2 is 1.76 bits per heavy atom. The van der Waals surface area contributed by atoms with Gasteiger partial charge < -0.3 is 14.4 Å². The third kappa shape index (κ3) is 4.81. The number of hydrogen-bond donors (Lipinski definition) is 0. The Hall–Kier alpha value is -2.34. The van der Waals surface area contributed by atoms with E-state index in [4.69, 9.17) is 9.47 Å². The number of nitrogens with zero attached hydrogens (tertiary/aromatic N) is 1. The Morgan fingerprint density at radius 3 is 2.34 bits per heavy atom. The molecule has 0 N–H and O–H groups in total. The summed E-state index contributed by atoms with van der Waals surface area (Å²) in [4.78, 5) is 27.5. The number of ether oxygens (including phenoxy) is 2. The molecule has 0 saturated carbocycles. The molecule has 1 aliphatic rings. The standard InChI is InChI=1S/C23H26BrNO4/c1-4-29-22-19(24)13-18(14-20(22)28-3)23(27)25-11-9-17(10-12-25)21(26)16-7-5-15(2)6-8-16/h5-8,13-14,17H,4,9-12H2,1-3H3. The second-order valence-electron chi connectivity index (χ2n) is 7.22. The van der Waals surface area contributed by atoms with Gasteiger partial charge in [0.05, 0.1) is 18.2 Å². The topological polar surface area (TPSA) is 55.8 Å². The van der Waals surface area contributed by atoms with Crippen LogP contribution in [0, 0.1) is 12.8 Å². The van der Waals surface area contributed by atoms with Crippen molar-refractivity contribution in [2.45, 2.75) is 26.7 Å². The maximum absolute atomic E-state index is 13.0. The van der Waals surface area contributed by atoms with Gasteiger partial charge in [0.1, 0.15) is 0 Å². The first-order valence-electron chi connectivity index (χ1n) is 9.85. The molecule has 0 atom stereocenters. The maximum Gasteiger partial charge on any atom is 0.254 e. The zero-order valence-electron chi connectivity index (χ0n) is 17.0. The molecule has 29 heavy (non-hydrogen) atoms. The van der Waals surface area contributed by atoms with Crippen molar-refractivity contribution in [3.8, 4) is 11.5 Å². The molecule has 1 aliphatic heterocycles. The molecule has 0 aromatic heterocycles. The smallest absolute Gasteiger partial charge is 0.254 e. The van der Waals surface area contributed by atoms with Crippen LogP contribution in [0.3, 0.4) is 0 Å². The van der Waals surface area contributed by atoms with Crippen molar-refractivity contribution in [2.75, 3.05) is 26.8 Å². The second-order valence-corrected chi connectivity index (χ2v) is 8.07. The first kappa shape index (κ1) is 21.4. The molecule has 0 aliphatic carbocycles. The van der Waals surface area contributed by atoms with Crippen LogP contribution in [-0.4, -0.2) is 43.4 Å². The molecule has 154 valence electrons. The zero-order chi connectivity index (χ0) is 21.0. The largest absolute Gasteiger partial charge is 0.493 e. The summed E-state index contributed by atoms with van der Waals surface area (Å²) in [6, 6.07) is 11.2. The lowest BCUT2D eigenvalue weighted by molar-refractivity contribution is 0.0650. The number of hydrogen-bond acceptors (Lipinski definition) is 4. The van der Waals surface area contributed by atoms with Crippen LogP contribution in [0.1, 0.15) is 46.0 Å². The normalized spacial score (nSPS) is 14.6. The van der Waals surface area contributed by atoms with Crippen molar-refractivity contribution < 1.29 is 19.1 Å². The molecule has 2 aromatic carbocycles. The average molecular weight is 460 g/mol. The van der Waals surface area contributed by atoms with Crippen LogP contribution in [0.4, 0.5) is 0 Å². The van der Waals surface area contributed by atoms with Crippen molar-refractivity contribution >= 4 is 27.6 Å². The first-order chi connectivity index (χ1) is 13.9. The summed E-state index contributed by atoms with van der Waals surface area (Å²) in [7, 11) is 1.56. The Morgan fingerprint density at radius 1 is 1.10 bits per heavy atom. The van der Waals surface area contributed by atoms with Gasteiger partial charge in [-0.25, -0.2) is 0 Å². The molecule has 3 rings (SSSR count). The molecule has 2 aromatic rings. The van der Waals surface area contributed by atoms with Gasteiger partial charge >= 0.3 is 0 Å². The number of likely N-dealkylation sites (tertiary alicyclic amines) is 1. The Balaban J connectivity index is 1.68. The molecule has 1 amide bonds. The Kier molecular flexibility index (Phi) is 6.96. The van der Waals surface area contributed by atoms with E-state index < -0.39 is 0 Å². The number of amides is 1. The van der Waals surface area contributed by atoms with E-state index in [1.807, 2.05) is 38.1 Å². The van der Waals surface area contributed by atoms with Gasteiger partial charge in [0.2, 0.25) is 0 Å². The summed E-state index contributed by atoms with van der Waals surface area (Å²) in [6.07, 6.45) is 1.35. The molecular weight excluding hydrogens is 434 g/mol. The second kappa shape index (κ2) is 9.44. The van der Waals surface area contributed by atoms with E-state index in [2.05, 4.69) is 15.9 Å². The molecule has 1 heterocycles. The Labute approximate surface area is 180 Å². The summed E-state index contributed by atoms with van der Waals surface area (Å²) < 4.78 is 11.7. The number of piperidine rings is 1. The lowest BCUT2D eigenvalue weighted by Crippen LogP contribution is -2.40. The maximum atomic E-state index is 13.0. The van der Waals surface area contributed by atoms with Crippen LogP contribution in [-0.2, 0) is 0 Å². The number of benzene rings is 2. The molecule has 5 nitrogen and oxygen atoms in total. The quantitative estimate of drug-likeness (QED) is 0.576. The monoisotopic (exact) mass is 459 g/mol. The van der Waals surface area contributed by atoms with E-state index in [-0.39, 0.29) is 17.6 Å². The van der Waals surface area contributed by atoms with E-state index in [1.165, 1.54) is 0 Å². The van der Waals surface area contributed by atoms with E-state index in [1.54, 1.807) is 24.1 Å². The fraction of sp³-hybridized carbons (Fsp3) is 0.391. The molecular formula is C23H26BrNO4. The molecule has 0 spiro atoms. The zero-order valence-corrected chi connectivity index (χ0v) is 18.6. The van der Waals surface area contributed by atoms with Gasteiger partial charge in [0.25, 0.3) is 5.91 Å². The van der Waals surface area contributed by atoms with Crippen molar-refractivity contribution in [3.63, 3.8) is 0 Å². The molecule has 6 heteroatoms. The van der Waals surface area contributed by atoms with E-state index >= 15 is 0 Å². The molecule has 0 radical (unpaired) electrons. The van der Waals surface area contributed by atoms with Gasteiger partial charge in [-0.2, -0.15) is 0 Å². The number of Topliss-reactive ketones (excluding diaryl/α,β-unsaturated/α-hetero) is 1. The fourth-order valence-corrected chi connectivity index (χ4v) is 4.17. The van der Waals surface area contributed by atoms with Gasteiger partial charge in [0, 0.05) is 30.1 Å². The minimum absolute atomic E-state index is 0.0386. The van der Waals surface area contributed by atoms with Gasteiger partial charge in [0.15, 0.2) is 17.3 Å². The number of ketones is 1. The number of carbonyl (C=O) groups is 2. The van der Waals surface area contributed by atoms with Crippen molar-refractivity contribution in [3.05, 3.63) is 57.6 Å². The molecule has 1 saturated heterocycles. The van der Waals surface area contributed by atoms with Gasteiger partial charge in [-0.3, -0.25) is 9.59 Å². The minimum atomic E-state index is -0.0618.